The molecule has 13 aromatic rings. The number of azide groups is 1. The molecule has 7 atom stereocenters. The summed E-state index contributed by atoms with van der Waals surface area (Å²) < 4.78 is 105. The Morgan fingerprint density at radius 3 is 1.17 bits per heavy atom. The van der Waals surface area contributed by atoms with Crippen molar-refractivity contribution >= 4 is 156 Å². The number of hydrogen-bond donors (Lipinski definition) is 6. The highest BCUT2D eigenvalue weighted by atomic mass is 35.5. The Morgan fingerprint density at radius 1 is 0.497 bits per heavy atom. The topological polar surface area (TPSA) is 350 Å². The first kappa shape index (κ1) is 115. The maximum absolute atomic E-state index is 14.0. The second-order valence-corrected chi connectivity index (χ2v) is 39.8. The largest absolute Gasteiger partial charge is 0.443 e. The third-order valence-electron chi connectivity index (χ3n) is 23.8. The van der Waals surface area contributed by atoms with Crippen molar-refractivity contribution < 1.29 is 84.2 Å². The molecular weight excluding hydrogens is 1950 g/mol. The highest BCUT2D eigenvalue weighted by Crippen LogP contribution is 2.43. The number of ether oxygens (including phenoxy) is 6. The van der Waals surface area contributed by atoms with Crippen LogP contribution in [0.1, 0.15) is 170 Å². The molecule has 0 spiro atoms. The smallest absolute Gasteiger partial charge is 0.419 e. The summed E-state index contributed by atoms with van der Waals surface area (Å²) >= 11 is 15.5. The van der Waals surface area contributed by atoms with Gasteiger partial charge in [-0.3, -0.25) is 28.1 Å². The van der Waals surface area contributed by atoms with Gasteiger partial charge in [-0.1, -0.05) is 36.3 Å². The Morgan fingerprint density at radius 2 is 0.828 bits per heavy atom. The van der Waals surface area contributed by atoms with Gasteiger partial charge in [0.2, 0.25) is 11.1 Å². The van der Waals surface area contributed by atoms with Crippen LogP contribution < -0.4 is 31.5 Å². The zero-order chi connectivity index (χ0) is 105. The van der Waals surface area contributed by atoms with E-state index in [9.17, 15) is 50.7 Å². The SMILES string of the molecule is CO.C[C@@H](Cc1cn(C(=O)OC(C)(C)C)c2ccc(F)cc12)N=[N+]=[N-].C[C@H](N)Cc1cn(C(=O)OC(C)(C)C)c2ccc(F)cc12.C[C@H](N)Cc1cn(C(=O)OC(C)(C)C)c2ccc(F)cc12.C[C@H]1Cc2c([nH]c3ccc(F)cc23)[C@H](c2ccc(N3CCOCC3)cc2)N1.C[C@H]1Cc2c([nH]c3ccc(F)cc23)[C@H](c2ccc(N3CCOCC3)cc2)N1C(=O)CCl.O=C(Cl)CCl.O=Cc1ccc(N2CCOCC2)cc1.S. The molecule has 0 aliphatic carbocycles. The summed E-state index contributed by atoms with van der Waals surface area (Å²) in [5.74, 6) is -1.78. The summed E-state index contributed by atoms with van der Waals surface area (Å²) in [4.78, 5) is 88.2. The molecule has 0 radical (unpaired) electrons. The molecule has 0 unspecified atom stereocenters. The van der Waals surface area contributed by atoms with Crippen LogP contribution in [-0.2, 0) is 70.1 Å². The first-order chi connectivity index (χ1) is 68.5. The van der Waals surface area contributed by atoms with E-state index in [0.29, 0.717) is 64.4 Å². The number of amides is 1. The minimum absolute atomic E-state index is 0. The normalized spacial score (nSPS) is 16.6. The Labute approximate surface area is 863 Å². The summed E-state index contributed by atoms with van der Waals surface area (Å²) in [6.07, 6.45) is 7.45. The van der Waals surface area contributed by atoms with Gasteiger partial charge in [0.25, 0.3) is 0 Å². The molecule has 18 rings (SSSR count). The fourth-order valence-electron chi connectivity index (χ4n) is 17.8. The molecule has 10 heterocycles. The van der Waals surface area contributed by atoms with Crippen molar-refractivity contribution in [3.05, 3.63) is 278 Å². The van der Waals surface area contributed by atoms with Gasteiger partial charge in [0.1, 0.15) is 58.1 Å². The molecule has 778 valence electrons. The van der Waals surface area contributed by atoms with Crippen molar-refractivity contribution in [3.63, 3.8) is 0 Å². The number of halogens is 8. The Bertz CT molecular complexity index is 6500. The van der Waals surface area contributed by atoms with Crippen molar-refractivity contribution in [3.8, 4) is 0 Å². The molecule has 8 N–H and O–H groups in total. The minimum atomic E-state index is -0.633. The first-order valence-corrected chi connectivity index (χ1v) is 49.2. The van der Waals surface area contributed by atoms with Gasteiger partial charge in [-0.05, 0) is 318 Å². The third-order valence-corrected chi connectivity index (χ3v) is 24.6. The van der Waals surface area contributed by atoms with Crippen LogP contribution >= 0.6 is 48.3 Å². The minimum Gasteiger partial charge on any atom is -0.443 e. The number of nitrogens with zero attached hydrogens (tertiary/aromatic N) is 10. The van der Waals surface area contributed by atoms with E-state index in [2.05, 4.69) is 95.5 Å². The number of fused-ring (bicyclic) bond motifs is 9. The van der Waals surface area contributed by atoms with Crippen molar-refractivity contribution in [1.29, 1.82) is 0 Å². The molecule has 37 heteroatoms. The van der Waals surface area contributed by atoms with Crippen LogP contribution in [0.3, 0.4) is 0 Å². The number of carbonyl (C=O) groups excluding carboxylic acids is 6. The van der Waals surface area contributed by atoms with Crippen LogP contribution in [0.2, 0.25) is 0 Å². The molecule has 0 saturated carbocycles. The van der Waals surface area contributed by atoms with Crippen molar-refractivity contribution in [2.24, 2.45) is 16.6 Å². The first-order valence-electron chi connectivity index (χ1n) is 47.8. The molecule has 145 heavy (non-hydrogen) atoms. The number of aliphatic hydroxyl groups excluding tert-OH is 1. The number of morpholine rings is 3. The fourth-order valence-corrected chi connectivity index (χ4v) is 17.9. The maximum atomic E-state index is 14.0. The van der Waals surface area contributed by atoms with E-state index in [0.717, 1.165) is 171 Å². The number of H-pyrrole nitrogens is 2. The number of benzene rings is 8. The van der Waals surface area contributed by atoms with Gasteiger partial charge >= 0.3 is 18.3 Å². The number of rotatable bonds is 15. The Hall–Kier alpha value is -12.0. The average molecular weight is 2080 g/mol. The summed E-state index contributed by atoms with van der Waals surface area (Å²) in [6.45, 7) is 36.0. The molecule has 28 nitrogen and oxygen atoms in total. The van der Waals surface area contributed by atoms with Gasteiger partial charge < -0.3 is 79.9 Å². The van der Waals surface area contributed by atoms with E-state index in [4.69, 9.17) is 85.3 Å². The number of nitrogens with one attached hydrogen (secondary N) is 3. The van der Waals surface area contributed by atoms with Gasteiger partial charge in [-0.25, -0.2) is 36.3 Å². The summed E-state index contributed by atoms with van der Waals surface area (Å²) in [6, 6.07) is 47.2. The summed E-state index contributed by atoms with van der Waals surface area (Å²) in [5, 5.41) is 17.7. The van der Waals surface area contributed by atoms with Crippen molar-refractivity contribution in [2.75, 3.05) is 112 Å². The molecule has 5 aromatic heterocycles. The standard InChI is InChI=1S/C24H25ClFN3O2.C22H24FN3O.C16H19FN4O2.2C16H21FN2O2.C11H13NO2.C2H2Cl2O.CH4O.H2S/c1-15-12-20-19-13-17(26)4-7-21(19)27-23(20)24(29(15)22(30)14-25)16-2-5-18(6-3-16)28-8-10-31-11-9-28;1-14-12-19-18-13-16(23)4-7-20(18)25-22(19)21(24-14)15-2-5-17(6-3-15)26-8-10-27-11-9-26;1-10(19-20-18)7-11-9-21(15(22)23-16(2,3)4)14-6-5-12(17)8-13(11)14;2*1-10(18)7-11-9-19(15(20)21-16(2,3)4)14-6-5-12(17)8-13(11)14;13-9-10-1-3-11(4-2-10)12-5-7-14-8-6-12;3-1-2(4)5;1-2;/h2-7,13,15,24,27H,8-12,14H2,1H3;2-7,13-14,21,24-25H,8-12H2,1H3;5-6,8-10H,7H2,1-4H3;2*5-6,8-10H,7,18H2,1-4H3;1-4,9H,5-8H2;1H2;2H,1H3;1H2/t15-,24-;14-,21-;3*10-;;;;/m00000..../s1. The van der Waals surface area contributed by atoms with Crippen molar-refractivity contribution in [1.82, 2.24) is 33.9 Å². The van der Waals surface area contributed by atoms with Crippen LogP contribution in [0.25, 0.3) is 65.0 Å². The van der Waals surface area contributed by atoms with Crippen LogP contribution in [0.4, 0.5) is 53.4 Å². The Balaban J connectivity index is 0.000000178. The number of aliphatic hydroxyl groups is 1. The number of anilines is 3. The van der Waals surface area contributed by atoms with E-state index in [1.807, 2.05) is 56.0 Å². The van der Waals surface area contributed by atoms with Crippen LogP contribution in [0.15, 0.2) is 187 Å². The zero-order valence-electron chi connectivity index (χ0n) is 84.4. The summed E-state index contributed by atoms with van der Waals surface area (Å²) in [5.41, 5.74) is 35.4. The van der Waals surface area contributed by atoms with E-state index in [1.165, 1.54) is 90.8 Å². The fraction of sp³-hybridized carbons (Fsp3) is 0.407. The highest BCUT2D eigenvalue weighted by molar-refractivity contribution is 7.59. The number of aromatic nitrogens is 5. The number of alkyl halides is 2. The van der Waals surface area contributed by atoms with Gasteiger partial charge in [-0.15, -0.1) is 23.2 Å². The molecule has 5 aliphatic rings. The predicted octanol–water partition coefficient (Wildman–Crippen LogP) is 21.8. The number of hydrogen-bond acceptors (Lipinski definition) is 20. The third kappa shape index (κ3) is 31.3. The average Bonchev–Trinajstić information content (AvgIpc) is 1.57. The molecule has 3 saturated heterocycles. The molecule has 1 amide bonds. The molecule has 0 bridgehead atoms. The lowest BCUT2D eigenvalue weighted by molar-refractivity contribution is -0.133. The van der Waals surface area contributed by atoms with E-state index >= 15 is 0 Å². The second kappa shape index (κ2) is 52.3. The number of aldehydes is 1. The van der Waals surface area contributed by atoms with E-state index in [-0.39, 0.29) is 90.7 Å². The Kier molecular flexibility index (Phi) is 41.5. The monoisotopic (exact) mass is 2080 g/mol. The van der Waals surface area contributed by atoms with Gasteiger partial charge in [0.15, 0.2) is 0 Å². The maximum Gasteiger partial charge on any atom is 0.419 e. The van der Waals surface area contributed by atoms with Gasteiger partial charge in [0, 0.05) is 172 Å². The predicted molar refractivity (Wildman–Crippen MR) is 569 cm³/mol. The summed E-state index contributed by atoms with van der Waals surface area (Å²) in [7, 11) is 1.00. The van der Waals surface area contributed by atoms with Crippen LogP contribution in [-0.4, -0.2) is 214 Å². The van der Waals surface area contributed by atoms with Crippen LogP contribution in [0, 0.1) is 29.1 Å². The second-order valence-electron chi connectivity index (χ2n) is 38.8. The van der Waals surface area contributed by atoms with Gasteiger partial charge in [-0.2, -0.15) is 13.5 Å². The van der Waals surface area contributed by atoms with E-state index < -0.39 is 46.1 Å². The van der Waals surface area contributed by atoms with Crippen LogP contribution in [0.5, 0.6) is 0 Å². The number of carbonyl (C=O) groups is 6. The molecular formula is C108H131Cl3F5N15O13S. The number of nitrogens with two attached hydrogens (primary N) is 2. The van der Waals surface area contributed by atoms with Gasteiger partial charge in [0.05, 0.1) is 74.2 Å². The van der Waals surface area contributed by atoms with Crippen molar-refractivity contribution in [2.45, 2.75) is 188 Å². The lowest BCUT2D eigenvalue weighted by Crippen LogP contribution is -2.47. The zero-order valence-corrected chi connectivity index (χ0v) is 87.6. The quantitative estimate of drug-likeness (QED) is 0.00811. The number of aromatic amines is 2. The lowest BCUT2D eigenvalue weighted by Gasteiger charge is -2.41. The molecule has 8 aromatic carbocycles. The molecule has 3 fully saturated rings. The highest BCUT2D eigenvalue weighted by Gasteiger charge is 2.39. The molecule has 5 aliphatic heterocycles. The van der Waals surface area contributed by atoms with E-state index in [1.54, 1.807) is 118 Å². The lowest BCUT2D eigenvalue weighted by atomic mass is 9.88.